The van der Waals surface area contributed by atoms with Gasteiger partial charge in [0.05, 0.1) is 17.8 Å². The number of nitrogens with zero attached hydrogens (tertiary/aromatic N) is 2. The van der Waals surface area contributed by atoms with Crippen LogP contribution in [0.5, 0.6) is 0 Å². The molecular weight excluding hydrogens is 262 g/mol. The standard InChI is InChI=1S/C13H21N3O2S/c1-8-9(19-11(14-5)15-8)10(17)16-6-12(2,3)13(4,18)7-16/h18H,6-7H2,1-5H3,(H,14,15)/t13-/m1/s1. The van der Waals surface area contributed by atoms with E-state index in [2.05, 4.69) is 10.3 Å². The Morgan fingerprint density at radius 2 is 2.05 bits per heavy atom. The van der Waals surface area contributed by atoms with Crippen molar-refractivity contribution in [1.29, 1.82) is 0 Å². The molecule has 0 aromatic carbocycles. The number of aliphatic hydroxyl groups is 1. The predicted octanol–water partition coefficient (Wildman–Crippen LogP) is 1.73. The van der Waals surface area contributed by atoms with Gasteiger partial charge in [-0.05, 0) is 13.8 Å². The first-order valence-corrected chi connectivity index (χ1v) is 7.16. The molecule has 0 saturated carbocycles. The summed E-state index contributed by atoms with van der Waals surface area (Å²) in [5.41, 5.74) is -0.413. The number of hydrogen-bond acceptors (Lipinski definition) is 5. The monoisotopic (exact) mass is 283 g/mol. The smallest absolute Gasteiger partial charge is 0.266 e. The molecule has 2 heterocycles. The second-order valence-electron chi connectivity index (χ2n) is 6.00. The van der Waals surface area contributed by atoms with Gasteiger partial charge in [0.15, 0.2) is 5.13 Å². The molecule has 1 atom stereocenters. The highest BCUT2D eigenvalue weighted by Gasteiger charge is 2.49. The number of thiazole rings is 1. The van der Waals surface area contributed by atoms with Crippen LogP contribution in [0.4, 0.5) is 5.13 Å². The van der Waals surface area contributed by atoms with Crippen LogP contribution < -0.4 is 5.32 Å². The minimum atomic E-state index is -0.854. The summed E-state index contributed by atoms with van der Waals surface area (Å²) >= 11 is 1.36. The Labute approximate surface area is 117 Å². The van der Waals surface area contributed by atoms with Gasteiger partial charge in [0.1, 0.15) is 4.88 Å². The van der Waals surface area contributed by atoms with E-state index in [1.54, 1.807) is 18.9 Å². The first-order chi connectivity index (χ1) is 8.68. The molecule has 0 bridgehead atoms. The third-order valence-electron chi connectivity index (χ3n) is 4.03. The largest absolute Gasteiger partial charge is 0.388 e. The molecule has 0 spiro atoms. The van der Waals surface area contributed by atoms with E-state index in [0.29, 0.717) is 18.0 Å². The second-order valence-corrected chi connectivity index (χ2v) is 7.00. The lowest BCUT2D eigenvalue weighted by atomic mass is 9.79. The normalized spacial score (nSPS) is 25.7. The van der Waals surface area contributed by atoms with Gasteiger partial charge in [-0.2, -0.15) is 0 Å². The maximum absolute atomic E-state index is 12.5. The van der Waals surface area contributed by atoms with Crippen molar-refractivity contribution in [1.82, 2.24) is 9.88 Å². The lowest BCUT2D eigenvalue weighted by Gasteiger charge is -2.30. The summed E-state index contributed by atoms with van der Waals surface area (Å²) in [6, 6.07) is 0. The molecule has 1 amide bonds. The number of likely N-dealkylation sites (tertiary alicyclic amines) is 1. The fourth-order valence-corrected chi connectivity index (χ4v) is 3.17. The summed E-state index contributed by atoms with van der Waals surface area (Å²) in [5, 5.41) is 14.1. The molecule has 5 nitrogen and oxygen atoms in total. The lowest BCUT2D eigenvalue weighted by Crippen LogP contribution is -2.40. The van der Waals surface area contributed by atoms with E-state index in [-0.39, 0.29) is 11.3 Å². The number of carbonyl (C=O) groups excluding carboxylic acids is 1. The first-order valence-electron chi connectivity index (χ1n) is 6.35. The van der Waals surface area contributed by atoms with E-state index < -0.39 is 5.60 Å². The molecule has 2 N–H and O–H groups in total. The van der Waals surface area contributed by atoms with Gasteiger partial charge in [-0.25, -0.2) is 4.98 Å². The van der Waals surface area contributed by atoms with Crippen LogP contribution in [0.15, 0.2) is 0 Å². The van der Waals surface area contributed by atoms with Crippen LogP contribution in [-0.2, 0) is 0 Å². The Bertz CT molecular complexity index is 492. The SMILES string of the molecule is CNc1nc(C)c(C(=O)N2CC(C)(C)[C@](C)(O)C2)s1. The summed E-state index contributed by atoms with van der Waals surface area (Å²) < 4.78 is 0. The van der Waals surface area contributed by atoms with Gasteiger partial charge < -0.3 is 15.3 Å². The zero-order chi connectivity index (χ0) is 14.4. The van der Waals surface area contributed by atoms with Crippen molar-refractivity contribution in [2.75, 3.05) is 25.5 Å². The van der Waals surface area contributed by atoms with Crippen LogP contribution in [0.3, 0.4) is 0 Å². The molecule has 6 heteroatoms. The van der Waals surface area contributed by atoms with Gasteiger partial charge in [-0.3, -0.25) is 4.79 Å². The van der Waals surface area contributed by atoms with Gasteiger partial charge >= 0.3 is 0 Å². The van der Waals surface area contributed by atoms with E-state index in [4.69, 9.17) is 0 Å². The molecule has 106 valence electrons. The Kier molecular flexibility index (Phi) is 3.35. The fourth-order valence-electron chi connectivity index (χ4n) is 2.28. The minimum Gasteiger partial charge on any atom is -0.388 e. The van der Waals surface area contributed by atoms with E-state index in [9.17, 15) is 9.90 Å². The van der Waals surface area contributed by atoms with Crippen molar-refractivity contribution in [2.45, 2.75) is 33.3 Å². The summed E-state index contributed by atoms with van der Waals surface area (Å²) in [4.78, 5) is 19.2. The average Bonchev–Trinajstić information content (AvgIpc) is 2.76. The highest BCUT2D eigenvalue weighted by atomic mass is 32.1. The molecule has 0 aliphatic carbocycles. The zero-order valence-corrected chi connectivity index (χ0v) is 12.9. The highest BCUT2D eigenvalue weighted by molar-refractivity contribution is 7.17. The van der Waals surface area contributed by atoms with Crippen LogP contribution in [0, 0.1) is 12.3 Å². The van der Waals surface area contributed by atoms with Crippen molar-refractivity contribution < 1.29 is 9.90 Å². The summed E-state index contributed by atoms with van der Waals surface area (Å²) in [5.74, 6) is -0.0395. The zero-order valence-electron chi connectivity index (χ0n) is 12.1. The number of aromatic nitrogens is 1. The maximum atomic E-state index is 12.5. The Morgan fingerprint density at radius 1 is 1.42 bits per heavy atom. The number of hydrogen-bond donors (Lipinski definition) is 2. The fraction of sp³-hybridized carbons (Fsp3) is 0.692. The molecule has 1 aromatic rings. The Morgan fingerprint density at radius 3 is 2.47 bits per heavy atom. The molecule has 2 rings (SSSR count). The van der Waals surface area contributed by atoms with Gasteiger partial charge in [-0.1, -0.05) is 25.2 Å². The first kappa shape index (κ1) is 14.3. The molecule has 1 aromatic heterocycles. The number of rotatable bonds is 2. The average molecular weight is 283 g/mol. The molecule has 1 fully saturated rings. The van der Waals surface area contributed by atoms with Crippen LogP contribution in [0.2, 0.25) is 0 Å². The van der Waals surface area contributed by atoms with E-state index in [1.807, 2.05) is 20.8 Å². The Hall–Kier alpha value is -1.14. The van der Waals surface area contributed by atoms with Crippen molar-refractivity contribution in [3.8, 4) is 0 Å². The van der Waals surface area contributed by atoms with Gasteiger partial charge in [0, 0.05) is 19.0 Å². The maximum Gasteiger partial charge on any atom is 0.266 e. The van der Waals surface area contributed by atoms with Gasteiger partial charge in [-0.15, -0.1) is 0 Å². The van der Waals surface area contributed by atoms with E-state index in [0.717, 1.165) is 10.8 Å². The molecule has 19 heavy (non-hydrogen) atoms. The quantitative estimate of drug-likeness (QED) is 0.867. The number of anilines is 1. The van der Waals surface area contributed by atoms with Crippen LogP contribution in [-0.4, -0.2) is 46.6 Å². The lowest BCUT2D eigenvalue weighted by molar-refractivity contribution is -0.0108. The number of carbonyl (C=O) groups is 1. The Balaban J connectivity index is 2.24. The van der Waals surface area contributed by atoms with Gasteiger partial charge in [0.2, 0.25) is 0 Å². The molecule has 0 unspecified atom stereocenters. The van der Waals surface area contributed by atoms with Crippen molar-refractivity contribution in [3.05, 3.63) is 10.6 Å². The van der Waals surface area contributed by atoms with Crippen molar-refractivity contribution in [2.24, 2.45) is 5.41 Å². The van der Waals surface area contributed by atoms with Crippen molar-refractivity contribution >= 4 is 22.4 Å². The number of β-amino-alcohol motifs (C(OH)–C–C–N with tert-alkyl or cyclic N) is 1. The highest BCUT2D eigenvalue weighted by Crippen LogP contribution is 2.39. The third-order valence-corrected chi connectivity index (χ3v) is 5.20. The molecule has 1 aliphatic heterocycles. The van der Waals surface area contributed by atoms with Crippen LogP contribution in [0.1, 0.15) is 36.1 Å². The van der Waals surface area contributed by atoms with Crippen molar-refractivity contribution in [3.63, 3.8) is 0 Å². The number of aryl methyl sites for hydroxylation is 1. The van der Waals surface area contributed by atoms with Crippen LogP contribution in [0.25, 0.3) is 0 Å². The summed E-state index contributed by atoms with van der Waals surface area (Å²) in [7, 11) is 1.79. The minimum absolute atomic E-state index is 0.0395. The number of amides is 1. The predicted molar refractivity (Wildman–Crippen MR) is 76.7 cm³/mol. The van der Waals surface area contributed by atoms with Gasteiger partial charge in [0.25, 0.3) is 5.91 Å². The molecule has 1 aliphatic rings. The third kappa shape index (κ3) is 2.34. The topological polar surface area (TPSA) is 65.5 Å². The summed E-state index contributed by atoms with van der Waals surface area (Å²) in [6.45, 7) is 8.52. The van der Waals surface area contributed by atoms with E-state index >= 15 is 0 Å². The molecular formula is C13H21N3O2S. The molecule has 1 saturated heterocycles. The summed E-state index contributed by atoms with van der Waals surface area (Å²) in [6.07, 6.45) is 0. The number of nitrogens with one attached hydrogen (secondary N) is 1. The second kappa shape index (κ2) is 4.45. The van der Waals surface area contributed by atoms with Crippen LogP contribution >= 0.6 is 11.3 Å². The van der Waals surface area contributed by atoms with E-state index in [1.165, 1.54) is 11.3 Å². The molecule has 0 radical (unpaired) electrons.